The number of esters is 2. The van der Waals surface area contributed by atoms with Crippen LogP contribution in [0.5, 0.6) is 0 Å². The zero-order valence-corrected chi connectivity index (χ0v) is 14.3. The zero-order valence-electron chi connectivity index (χ0n) is 14.3. The second kappa shape index (κ2) is 12.0. The third-order valence-corrected chi connectivity index (χ3v) is 3.34. The molecule has 0 bridgehead atoms. The fourth-order valence-electron chi connectivity index (χ4n) is 1.86. The molecule has 0 amide bonds. The lowest BCUT2D eigenvalue weighted by atomic mass is 10.1. The Morgan fingerprint density at radius 2 is 0.889 bits per heavy atom. The van der Waals surface area contributed by atoms with Crippen molar-refractivity contribution < 1.29 is 55.6 Å². The van der Waals surface area contributed by atoms with Crippen LogP contribution < -0.4 is 0 Å². The van der Waals surface area contributed by atoms with Gasteiger partial charge in [0.25, 0.3) is 0 Å². The van der Waals surface area contributed by atoms with Gasteiger partial charge < -0.3 is 19.7 Å². The van der Waals surface area contributed by atoms with Gasteiger partial charge in [0.15, 0.2) is 0 Å². The van der Waals surface area contributed by atoms with E-state index in [0.717, 1.165) is 6.42 Å². The van der Waals surface area contributed by atoms with E-state index in [0.29, 0.717) is 38.5 Å². The molecule has 0 fully saturated rings. The number of halogens is 6. The Morgan fingerprint density at radius 1 is 0.630 bits per heavy atom. The van der Waals surface area contributed by atoms with Crippen LogP contribution in [0, 0.1) is 0 Å². The third kappa shape index (κ3) is 11.7. The average Bonchev–Trinajstić information content (AvgIpc) is 2.56. The fourth-order valence-corrected chi connectivity index (χ4v) is 1.86. The lowest BCUT2D eigenvalue weighted by molar-refractivity contribution is -0.219. The summed E-state index contributed by atoms with van der Waals surface area (Å²) >= 11 is 0. The second-order valence-electron chi connectivity index (χ2n) is 5.70. The molecule has 6 nitrogen and oxygen atoms in total. The van der Waals surface area contributed by atoms with Gasteiger partial charge in [0, 0.05) is 0 Å². The Hall–Kier alpha value is -1.56. The van der Waals surface area contributed by atoms with E-state index >= 15 is 0 Å². The predicted molar refractivity (Wildman–Crippen MR) is 78.4 cm³/mol. The lowest BCUT2D eigenvalue weighted by Crippen LogP contribution is -2.37. The summed E-state index contributed by atoms with van der Waals surface area (Å²) in [5.74, 6) is -3.49. The van der Waals surface area contributed by atoms with E-state index < -0.39 is 36.5 Å². The van der Waals surface area contributed by atoms with E-state index in [9.17, 15) is 35.9 Å². The zero-order chi connectivity index (χ0) is 21.1. The van der Waals surface area contributed by atoms with E-state index in [1.54, 1.807) is 0 Å². The Kier molecular flexibility index (Phi) is 11.3. The van der Waals surface area contributed by atoms with Crippen molar-refractivity contribution in [2.24, 2.45) is 0 Å². The van der Waals surface area contributed by atoms with Crippen LogP contribution in [0.4, 0.5) is 26.3 Å². The molecule has 0 rings (SSSR count). The summed E-state index contributed by atoms with van der Waals surface area (Å²) in [4.78, 5) is 21.7. The Bertz CT molecular complexity index is 411. The topological polar surface area (TPSA) is 93.1 Å². The Labute approximate surface area is 151 Å². The largest absolute Gasteiger partial charge is 0.464 e. The van der Waals surface area contributed by atoms with Crippen LogP contribution in [0.1, 0.15) is 44.9 Å². The van der Waals surface area contributed by atoms with Gasteiger partial charge in [-0.25, -0.2) is 9.59 Å². The van der Waals surface area contributed by atoms with Crippen LogP contribution in [-0.2, 0) is 19.1 Å². The van der Waals surface area contributed by atoms with Crippen LogP contribution >= 0.6 is 0 Å². The maximum Gasteiger partial charge on any atom is 0.425 e. The van der Waals surface area contributed by atoms with Crippen LogP contribution in [0.2, 0.25) is 0 Å². The molecule has 0 saturated heterocycles. The monoisotopic (exact) mass is 412 g/mol. The van der Waals surface area contributed by atoms with Gasteiger partial charge in [-0.3, -0.25) is 0 Å². The molecule has 0 unspecified atom stereocenters. The van der Waals surface area contributed by atoms with Crippen molar-refractivity contribution in [3.05, 3.63) is 0 Å². The highest BCUT2D eigenvalue weighted by Crippen LogP contribution is 2.21. The van der Waals surface area contributed by atoms with Crippen LogP contribution in [0.15, 0.2) is 0 Å². The number of aliphatic hydroxyl groups is 2. The van der Waals surface area contributed by atoms with Crippen molar-refractivity contribution in [1.29, 1.82) is 0 Å². The normalized spacial score (nSPS) is 14.5. The summed E-state index contributed by atoms with van der Waals surface area (Å²) in [6.45, 7) is -0.493. The number of carbonyl (C=O) groups is 2. The van der Waals surface area contributed by atoms with Crippen LogP contribution in [-0.4, -0.2) is 59.9 Å². The van der Waals surface area contributed by atoms with Crippen LogP contribution in [0.25, 0.3) is 0 Å². The molecular weight excluding hydrogens is 390 g/mol. The molecule has 0 aliphatic rings. The molecule has 0 aliphatic heterocycles. The van der Waals surface area contributed by atoms with E-state index in [1.165, 1.54) is 0 Å². The number of hydrogen-bond donors (Lipinski definition) is 2. The molecule has 2 atom stereocenters. The summed E-state index contributed by atoms with van der Waals surface area (Å²) in [6, 6.07) is 0. The predicted octanol–water partition coefficient (Wildman–Crippen LogP) is 2.65. The molecular formula is C15H22F6O6. The van der Waals surface area contributed by atoms with Crippen molar-refractivity contribution in [1.82, 2.24) is 0 Å². The molecule has 0 aromatic rings. The molecule has 0 aromatic heterocycles. The van der Waals surface area contributed by atoms with Gasteiger partial charge in [-0.2, -0.15) is 26.3 Å². The maximum absolute atomic E-state index is 12.0. The number of hydrogen-bond acceptors (Lipinski definition) is 6. The second-order valence-corrected chi connectivity index (χ2v) is 5.70. The van der Waals surface area contributed by atoms with Gasteiger partial charge in [0.05, 0.1) is 13.2 Å². The third-order valence-electron chi connectivity index (χ3n) is 3.34. The lowest BCUT2D eigenvalue weighted by Gasteiger charge is -2.13. The van der Waals surface area contributed by atoms with Crippen molar-refractivity contribution in [2.45, 2.75) is 69.5 Å². The Balaban J connectivity index is 3.54. The minimum Gasteiger partial charge on any atom is -0.464 e. The molecule has 0 radical (unpaired) electrons. The number of carbonyl (C=O) groups excluding carboxylic acids is 2. The summed E-state index contributed by atoms with van der Waals surface area (Å²) < 4.78 is 80.6. The fraction of sp³-hybridized carbons (Fsp3) is 0.867. The number of ether oxygens (including phenoxy) is 2. The van der Waals surface area contributed by atoms with E-state index in [4.69, 9.17) is 10.2 Å². The minimum absolute atomic E-state index is 0.247. The summed E-state index contributed by atoms with van der Waals surface area (Å²) in [5, 5.41) is 17.2. The van der Waals surface area contributed by atoms with Crippen LogP contribution in [0.3, 0.4) is 0 Å². The van der Waals surface area contributed by atoms with Crippen molar-refractivity contribution in [2.75, 3.05) is 13.2 Å². The van der Waals surface area contributed by atoms with Crippen molar-refractivity contribution >= 4 is 11.9 Å². The number of rotatable bonds is 12. The van der Waals surface area contributed by atoms with Crippen molar-refractivity contribution in [3.8, 4) is 0 Å². The average molecular weight is 412 g/mol. The molecule has 160 valence electrons. The Morgan fingerprint density at radius 3 is 1.15 bits per heavy atom. The van der Waals surface area contributed by atoms with E-state index in [1.807, 2.05) is 0 Å². The molecule has 12 heteroatoms. The standard InChI is InChI=1S/C15H22F6O6/c16-14(17,18)10(22)12(24)26-8-6-4-2-1-3-5-7-9-27-13(25)11(23)15(19,20)21/h10-11,22-23H,1-9H2/t10-,11-/m1/s1. The van der Waals surface area contributed by atoms with Gasteiger partial charge >= 0.3 is 24.3 Å². The first-order chi connectivity index (χ1) is 12.4. The summed E-state index contributed by atoms with van der Waals surface area (Å²) in [6.07, 6.45) is -12.5. The molecule has 0 saturated carbocycles. The highest BCUT2D eigenvalue weighted by atomic mass is 19.4. The molecule has 0 aromatic carbocycles. The molecule has 0 spiro atoms. The van der Waals surface area contributed by atoms with Crippen molar-refractivity contribution in [3.63, 3.8) is 0 Å². The SMILES string of the molecule is O=C(OCCCCCCCCCOC(=O)[C@@H](O)C(F)(F)F)[C@@H](O)C(F)(F)F. The van der Waals surface area contributed by atoms with Gasteiger partial charge in [0.2, 0.25) is 12.2 Å². The number of unbranched alkanes of at least 4 members (excludes halogenated alkanes) is 6. The first-order valence-electron chi connectivity index (χ1n) is 8.20. The first kappa shape index (κ1) is 25.4. The quantitative estimate of drug-likeness (QED) is 0.291. The molecule has 0 aliphatic carbocycles. The molecule has 2 N–H and O–H groups in total. The van der Waals surface area contributed by atoms with E-state index in [2.05, 4.69) is 9.47 Å². The smallest absolute Gasteiger partial charge is 0.425 e. The first-order valence-corrected chi connectivity index (χ1v) is 8.20. The highest BCUT2D eigenvalue weighted by Gasteiger charge is 2.45. The van der Waals surface area contributed by atoms with Gasteiger partial charge in [-0.15, -0.1) is 0 Å². The highest BCUT2D eigenvalue weighted by molar-refractivity contribution is 5.75. The maximum atomic E-state index is 12.0. The number of alkyl halides is 6. The van der Waals surface area contributed by atoms with Gasteiger partial charge in [-0.05, 0) is 12.8 Å². The van der Waals surface area contributed by atoms with Gasteiger partial charge in [-0.1, -0.05) is 32.1 Å². The summed E-state index contributed by atoms with van der Waals surface area (Å²) in [5.41, 5.74) is 0. The minimum atomic E-state index is -5.06. The number of aliphatic hydroxyl groups excluding tert-OH is 2. The molecule has 27 heavy (non-hydrogen) atoms. The van der Waals surface area contributed by atoms with Gasteiger partial charge in [0.1, 0.15) is 0 Å². The van der Waals surface area contributed by atoms with E-state index in [-0.39, 0.29) is 13.2 Å². The summed E-state index contributed by atoms with van der Waals surface area (Å²) in [7, 11) is 0. The molecule has 0 heterocycles.